The normalized spacial score (nSPS) is 9.21. The van der Waals surface area contributed by atoms with Crippen molar-refractivity contribution in [1.29, 1.82) is 0 Å². The maximum atomic E-state index is 11.1. The van der Waals surface area contributed by atoms with Crippen molar-refractivity contribution < 1.29 is 9.53 Å². The van der Waals surface area contributed by atoms with E-state index in [9.17, 15) is 4.79 Å². The van der Waals surface area contributed by atoms with Crippen LogP contribution in [0.1, 0.15) is 0 Å². The smallest absolute Gasteiger partial charge is 0.411 e. The van der Waals surface area contributed by atoms with Gasteiger partial charge < -0.3 is 4.74 Å². The first-order valence-electron chi connectivity index (χ1n) is 4.02. The van der Waals surface area contributed by atoms with Crippen LogP contribution in [-0.4, -0.2) is 12.7 Å². The zero-order valence-electron chi connectivity index (χ0n) is 7.50. The summed E-state index contributed by atoms with van der Waals surface area (Å²) in [4.78, 5) is 11.1. The van der Waals surface area contributed by atoms with E-state index in [1.54, 1.807) is 12.1 Å². The first-order valence-corrected chi connectivity index (χ1v) is 4.82. The number of hydrogen-bond donors (Lipinski definition) is 1. The molecule has 1 aromatic rings. The molecular formula is C10H10BrNO2. The highest BCUT2D eigenvalue weighted by atomic mass is 79.9. The van der Waals surface area contributed by atoms with Crippen LogP contribution in [0.25, 0.3) is 0 Å². The van der Waals surface area contributed by atoms with Crippen LogP contribution in [0.4, 0.5) is 10.5 Å². The summed E-state index contributed by atoms with van der Waals surface area (Å²) in [5.41, 5.74) is 0.688. The Kier molecular flexibility index (Phi) is 4.19. The fourth-order valence-corrected chi connectivity index (χ4v) is 1.25. The Morgan fingerprint density at radius 3 is 3.07 bits per heavy atom. The number of carbonyl (C=O) groups is 1. The van der Waals surface area contributed by atoms with E-state index >= 15 is 0 Å². The summed E-state index contributed by atoms with van der Waals surface area (Å²) in [5.74, 6) is 0. The second-order valence-electron chi connectivity index (χ2n) is 2.52. The lowest BCUT2D eigenvalue weighted by molar-refractivity contribution is 0.174. The number of anilines is 1. The third-order valence-electron chi connectivity index (χ3n) is 1.40. The number of amides is 1. The fourth-order valence-electron chi connectivity index (χ4n) is 0.855. The van der Waals surface area contributed by atoms with E-state index in [4.69, 9.17) is 4.74 Å². The number of rotatable bonds is 3. The second kappa shape index (κ2) is 5.44. The molecule has 1 amide bonds. The Morgan fingerprint density at radius 1 is 1.64 bits per heavy atom. The third kappa shape index (κ3) is 3.62. The average molecular weight is 256 g/mol. The molecule has 0 aliphatic heterocycles. The van der Waals surface area contributed by atoms with Crippen LogP contribution in [0, 0.1) is 0 Å². The van der Waals surface area contributed by atoms with Crippen LogP contribution in [0.2, 0.25) is 0 Å². The van der Waals surface area contributed by atoms with Gasteiger partial charge in [-0.15, -0.1) is 0 Å². The molecule has 0 heterocycles. The van der Waals surface area contributed by atoms with Gasteiger partial charge in [0.05, 0.1) is 0 Å². The number of ether oxygens (including phenoxy) is 1. The molecule has 0 fully saturated rings. The van der Waals surface area contributed by atoms with Crippen LogP contribution >= 0.6 is 15.9 Å². The molecule has 14 heavy (non-hydrogen) atoms. The molecule has 74 valence electrons. The van der Waals surface area contributed by atoms with Gasteiger partial charge in [-0.05, 0) is 18.2 Å². The van der Waals surface area contributed by atoms with Crippen molar-refractivity contribution in [1.82, 2.24) is 0 Å². The summed E-state index contributed by atoms with van der Waals surface area (Å²) < 4.78 is 5.65. The Bertz CT molecular complexity index is 339. The molecular weight excluding hydrogens is 246 g/mol. The average Bonchev–Trinajstić information content (AvgIpc) is 2.15. The third-order valence-corrected chi connectivity index (χ3v) is 1.90. The van der Waals surface area contributed by atoms with Gasteiger partial charge in [0.15, 0.2) is 0 Å². The molecule has 1 aromatic carbocycles. The summed E-state index contributed by atoms with van der Waals surface area (Å²) in [7, 11) is 0. The predicted molar refractivity (Wildman–Crippen MR) is 59.3 cm³/mol. The van der Waals surface area contributed by atoms with Crippen molar-refractivity contribution in [3.05, 3.63) is 41.4 Å². The largest absolute Gasteiger partial charge is 0.445 e. The zero-order valence-corrected chi connectivity index (χ0v) is 9.08. The van der Waals surface area contributed by atoms with Crippen LogP contribution in [0.15, 0.2) is 41.4 Å². The van der Waals surface area contributed by atoms with E-state index in [0.29, 0.717) is 5.69 Å². The standard InChI is InChI=1S/C10H10BrNO2/c1-2-6-14-10(13)12-9-5-3-4-8(11)7-9/h2-5,7H,1,6H2,(H,12,13). The van der Waals surface area contributed by atoms with E-state index in [1.165, 1.54) is 6.08 Å². The highest BCUT2D eigenvalue weighted by Gasteiger charge is 2.01. The van der Waals surface area contributed by atoms with Crippen molar-refractivity contribution in [2.45, 2.75) is 0 Å². The first kappa shape index (κ1) is 10.8. The van der Waals surface area contributed by atoms with Gasteiger partial charge in [-0.3, -0.25) is 5.32 Å². The van der Waals surface area contributed by atoms with Crippen molar-refractivity contribution in [3.63, 3.8) is 0 Å². The molecule has 3 nitrogen and oxygen atoms in total. The first-order chi connectivity index (χ1) is 6.72. The lowest BCUT2D eigenvalue weighted by Gasteiger charge is -2.04. The van der Waals surface area contributed by atoms with Gasteiger partial charge in [-0.25, -0.2) is 4.79 Å². The molecule has 0 aliphatic rings. The molecule has 0 aliphatic carbocycles. The van der Waals surface area contributed by atoms with Crippen LogP contribution < -0.4 is 5.32 Å². The quantitative estimate of drug-likeness (QED) is 0.843. The van der Waals surface area contributed by atoms with E-state index in [1.807, 2.05) is 12.1 Å². The van der Waals surface area contributed by atoms with Gasteiger partial charge in [0.1, 0.15) is 6.61 Å². The minimum absolute atomic E-state index is 0.208. The maximum Gasteiger partial charge on any atom is 0.411 e. The molecule has 0 unspecified atom stereocenters. The molecule has 1 N–H and O–H groups in total. The van der Waals surface area contributed by atoms with Gasteiger partial charge in [0.2, 0.25) is 0 Å². The molecule has 0 bridgehead atoms. The van der Waals surface area contributed by atoms with Crippen LogP contribution in [0.5, 0.6) is 0 Å². The molecule has 0 spiro atoms. The SMILES string of the molecule is C=CCOC(=O)Nc1cccc(Br)c1. The highest BCUT2D eigenvalue weighted by Crippen LogP contribution is 2.15. The minimum atomic E-state index is -0.483. The molecule has 0 saturated heterocycles. The van der Waals surface area contributed by atoms with Crippen LogP contribution in [0.3, 0.4) is 0 Å². The topological polar surface area (TPSA) is 38.3 Å². The highest BCUT2D eigenvalue weighted by molar-refractivity contribution is 9.10. The summed E-state index contributed by atoms with van der Waals surface area (Å²) in [6.07, 6.45) is 1.03. The summed E-state index contributed by atoms with van der Waals surface area (Å²) in [5, 5.41) is 2.58. The molecule has 4 heteroatoms. The van der Waals surface area contributed by atoms with Gasteiger partial charge in [-0.1, -0.05) is 34.7 Å². The summed E-state index contributed by atoms with van der Waals surface area (Å²) >= 11 is 3.30. The van der Waals surface area contributed by atoms with E-state index in [0.717, 1.165) is 4.47 Å². The number of carbonyl (C=O) groups excluding carboxylic acids is 1. The number of hydrogen-bond acceptors (Lipinski definition) is 2. The Hall–Kier alpha value is -1.29. The van der Waals surface area contributed by atoms with E-state index < -0.39 is 6.09 Å². The minimum Gasteiger partial charge on any atom is -0.445 e. The van der Waals surface area contributed by atoms with E-state index in [2.05, 4.69) is 27.8 Å². The summed E-state index contributed by atoms with van der Waals surface area (Å²) in [6.45, 7) is 3.65. The number of benzene rings is 1. The van der Waals surface area contributed by atoms with Gasteiger partial charge in [-0.2, -0.15) is 0 Å². The van der Waals surface area contributed by atoms with Crippen LogP contribution in [-0.2, 0) is 4.74 Å². The molecule has 0 saturated carbocycles. The number of nitrogens with one attached hydrogen (secondary N) is 1. The maximum absolute atomic E-state index is 11.1. The molecule has 0 aromatic heterocycles. The van der Waals surface area contributed by atoms with Gasteiger partial charge in [0.25, 0.3) is 0 Å². The Morgan fingerprint density at radius 2 is 2.43 bits per heavy atom. The Balaban J connectivity index is 2.51. The molecule has 1 rings (SSSR count). The summed E-state index contributed by atoms with van der Waals surface area (Å²) in [6, 6.07) is 7.27. The Labute approximate surface area is 90.9 Å². The van der Waals surface area contributed by atoms with Gasteiger partial charge >= 0.3 is 6.09 Å². The molecule has 0 radical (unpaired) electrons. The second-order valence-corrected chi connectivity index (χ2v) is 3.44. The van der Waals surface area contributed by atoms with E-state index in [-0.39, 0.29) is 6.61 Å². The molecule has 0 atom stereocenters. The number of halogens is 1. The van der Waals surface area contributed by atoms with Gasteiger partial charge in [0, 0.05) is 10.2 Å². The monoisotopic (exact) mass is 255 g/mol. The van der Waals surface area contributed by atoms with Crippen molar-refractivity contribution in [2.75, 3.05) is 11.9 Å². The lowest BCUT2D eigenvalue weighted by atomic mass is 10.3. The fraction of sp³-hybridized carbons (Fsp3) is 0.100. The van der Waals surface area contributed by atoms with Crippen molar-refractivity contribution in [2.24, 2.45) is 0 Å². The zero-order chi connectivity index (χ0) is 10.4. The van der Waals surface area contributed by atoms with Crippen molar-refractivity contribution in [3.8, 4) is 0 Å². The lowest BCUT2D eigenvalue weighted by Crippen LogP contribution is -2.13. The predicted octanol–water partition coefficient (Wildman–Crippen LogP) is 3.18. The van der Waals surface area contributed by atoms with Crippen molar-refractivity contribution >= 4 is 27.7 Å².